The first-order valence-corrected chi connectivity index (χ1v) is 10.7. The number of amides is 1. The number of carbonyl (C=O) groups is 1. The Morgan fingerprint density at radius 3 is 2.55 bits per heavy atom. The van der Waals surface area contributed by atoms with Gasteiger partial charge in [0.25, 0.3) is 5.91 Å². The molecule has 0 atom stereocenters. The lowest BCUT2D eigenvalue weighted by Gasteiger charge is -2.07. The van der Waals surface area contributed by atoms with Gasteiger partial charge in [0.15, 0.2) is 5.13 Å². The molecular weight excluding hydrogens is 387 g/mol. The molecule has 3 aromatic rings. The number of carbonyl (C=O) groups excluding carboxylic acids is 1. The molecule has 1 heterocycles. The zero-order valence-corrected chi connectivity index (χ0v) is 17.3. The predicted molar refractivity (Wildman–Crippen MR) is 115 cm³/mol. The van der Waals surface area contributed by atoms with E-state index in [-0.39, 0.29) is 11.7 Å². The van der Waals surface area contributed by atoms with Gasteiger partial charge >= 0.3 is 0 Å². The number of nitrogens with one attached hydrogen (secondary N) is 1. The maximum atomic E-state index is 13.0. The molecule has 0 aliphatic carbocycles. The van der Waals surface area contributed by atoms with E-state index in [0.717, 1.165) is 22.6 Å². The van der Waals surface area contributed by atoms with E-state index < -0.39 is 0 Å². The first kappa shape index (κ1) is 21.0. The number of ether oxygens (including phenoxy) is 1. The Kier molecular flexibility index (Phi) is 7.76. The summed E-state index contributed by atoms with van der Waals surface area (Å²) >= 11 is 1.41. The average molecular weight is 413 g/mol. The first-order chi connectivity index (χ1) is 14.1. The van der Waals surface area contributed by atoms with Crippen LogP contribution < -0.4 is 10.1 Å². The lowest BCUT2D eigenvalue weighted by Crippen LogP contribution is -2.11. The lowest BCUT2D eigenvalue weighted by molar-refractivity contribution is 0.102. The van der Waals surface area contributed by atoms with E-state index >= 15 is 0 Å². The maximum Gasteiger partial charge on any atom is 0.257 e. The number of halogens is 1. The van der Waals surface area contributed by atoms with Crippen molar-refractivity contribution in [3.05, 3.63) is 76.5 Å². The highest BCUT2D eigenvalue weighted by atomic mass is 32.1. The Bertz CT molecular complexity index is 907. The van der Waals surface area contributed by atoms with Crippen molar-refractivity contribution in [2.45, 2.75) is 39.0 Å². The van der Waals surface area contributed by atoms with Gasteiger partial charge in [-0.3, -0.25) is 10.1 Å². The second-order valence-electron chi connectivity index (χ2n) is 6.82. The van der Waals surface area contributed by atoms with Crippen LogP contribution in [0, 0.1) is 5.82 Å². The smallest absolute Gasteiger partial charge is 0.257 e. The fraction of sp³-hybridized carbons (Fsp3) is 0.304. The van der Waals surface area contributed by atoms with Crippen molar-refractivity contribution in [1.82, 2.24) is 4.98 Å². The molecule has 0 aliphatic heterocycles. The van der Waals surface area contributed by atoms with Gasteiger partial charge in [0, 0.05) is 23.1 Å². The quantitative estimate of drug-likeness (QED) is 0.410. The highest BCUT2D eigenvalue weighted by Crippen LogP contribution is 2.22. The second-order valence-corrected chi connectivity index (χ2v) is 7.94. The number of thiazole rings is 1. The van der Waals surface area contributed by atoms with Crippen LogP contribution in [0.1, 0.15) is 53.4 Å². The van der Waals surface area contributed by atoms with Crippen LogP contribution in [0.4, 0.5) is 9.52 Å². The van der Waals surface area contributed by atoms with E-state index in [0.29, 0.717) is 23.7 Å². The van der Waals surface area contributed by atoms with Gasteiger partial charge in [0.05, 0.1) is 6.61 Å². The van der Waals surface area contributed by atoms with Gasteiger partial charge in [0.2, 0.25) is 0 Å². The van der Waals surface area contributed by atoms with Crippen LogP contribution in [0.2, 0.25) is 0 Å². The molecule has 0 fully saturated rings. The van der Waals surface area contributed by atoms with Crippen molar-refractivity contribution in [3.63, 3.8) is 0 Å². The normalized spacial score (nSPS) is 10.7. The molecule has 1 amide bonds. The van der Waals surface area contributed by atoms with Gasteiger partial charge in [-0.15, -0.1) is 11.3 Å². The van der Waals surface area contributed by atoms with E-state index in [1.807, 2.05) is 12.1 Å². The number of aromatic nitrogens is 1. The Morgan fingerprint density at radius 1 is 1.07 bits per heavy atom. The van der Waals surface area contributed by atoms with Crippen LogP contribution in [0.15, 0.2) is 54.7 Å². The average Bonchev–Trinajstić information content (AvgIpc) is 3.16. The highest BCUT2D eigenvalue weighted by molar-refractivity contribution is 7.15. The van der Waals surface area contributed by atoms with E-state index in [2.05, 4.69) is 17.2 Å². The van der Waals surface area contributed by atoms with Crippen molar-refractivity contribution < 1.29 is 13.9 Å². The Labute approximate surface area is 174 Å². The van der Waals surface area contributed by atoms with Crippen molar-refractivity contribution in [1.29, 1.82) is 0 Å². The van der Waals surface area contributed by atoms with Gasteiger partial charge in [-0.25, -0.2) is 9.37 Å². The zero-order valence-electron chi connectivity index (χ0n) is 16.5. The molecule has 0 aliphatic rings. The van der Waals surface area contributed by atoms with E-state index in [1.165, 1.54) is 42.7 Å². The van der Waals surface area contributed by atoms with Crippen molar-refractivity contribution in [2.75, 3.05) is 11.9 Å². The van der Waals surface area contributed by atoms with Gasteiger partial charge < -0.3 is 4.74 Å². The van der Waals surface area contributed by atoms with Crippen molar-refractivity contribution in [2.24, 2.45) is 0 Å². The standard InChI is InChI=1S/C23H25FN2O2S/c1-2-3-4-5-14-28-20-12-8-18(9-13-20)22(27)26-23-25-16-21(29-23)15-17-6-10-19(24)11-7-17/h6-13,16H,2-5,14-15H2,1H3,(H,25,26,27). The number of hydrogen-bond acceptors (Lipinski definition) is 4. The number of rotatable bonds is 10. The summed E-state index contributed by atoms with van der Waals surface area (Å²) in [4.78, 5) is 17.7. The number of benzene rings is 2. The van der Waals surface area contributed by atoms with Crippen LogP contribution >= 0.6 is 11.3 Å². The van der Waals surface area contributed by atoms with Crippen LogP contribution in [0.25, 0.3) is 0 Å². The minimum absolute atomic E-state index is 0.206. The van der Waals surface area contributed by atoms with Gasteiger partial charge in [-0.2, -0.15) is 0 Å². The highest BCUT2D eigenvalue weighted by Gasteiger charge is 2.10. The molecule has 0 radical (unpaired) electrons. The molecule has 29 heavy (non-hydrogen) atoms. The van der Waals surface area contributed by atoms with Crippen molar-refractivity contribution >= 4 is 22.4 Å². The monoisotopic (exact) mass is 412 g/mol. The molecule has 0 saturated heterocycles. The largest absolute Gasteiger partial charge is 0.494 e. The summed E-state index contributed by atoms with van der Waals surface area (Å²) in [6.07, 6.45) is 7.03. The summed E-state index contributed by atoms with van der Waals surface area (Å²) in [6, 6.07) is 13.5. The van der Waals surface area contributed by atoms with Gasteiger partial charge in [-0.1, -0.05) is 38.3 Å². The number of unbranched alkanes of at least 4 members (excludes halogenated alkanes) is 3. The topological polar surface area (TPSA) is 51.2 Å². The van der Waals surface area contributed by atoms with Crippen LogP contribution in [0.5, 0.6) is 5.75 Å². The summed E-state index contributed by atoms with van der Waals surface area (Å²) in [7, 11) is 0. The minimum Gasteiger partial charge on any atom is -0.494 e. The fourth-order valence-corrected chi connectivity index (χ4v) is 3.68. The molecule has 1 N–H and O–H groups in total. The molecule has 0 bridgehead atoms. The molecule has 4 nitrogen and oxygen atoms in total. The van der Waals surface area contributed by atoms with Crippen molar-refractivity contribution in [3.8, 4) is 5.75 Å². The van der Waals surface area contributed by atoms with E-state index in [4.69, 9.17) is 4.74 Å². The van der Waals surface area contributed by atoms with E-state index in [9.17, 15) is 9.18 Å². The fourth-order valence-electron chi connectivity index (χ4n) is 2.84. The molecule has 2 aromatic carbocycles. The Balaban J connectivity index is 1.49. The molecule has 152 valence electrons. The van der Waals surface area contributed by atoms with Crippen LogP contribution in [-0.4, -0.2) is 17.5 Å². The minimum atomic E-state index is -0.251. The van der Waals surface area contributed by atoms with Gasteiger partial charge in [-0.05, 0) is 48.4 Å². The number of anilines is 1. The molecule has 0 spiro atoms. The summed E-state index contributed by atoms with van der Waals surface area (Å²) < 4.78 is 18.7. The summed E-state index contributed by atoms with van der Waals surface area (Å²) in [5.41, 5.74) is 1.55. The molecule has 0 saturated carbocycles. The maximum absolute atomic E-state index is 13.0. The summed E-state index contributed by atoms with van der Waals surface area (Å²) in [5.74, 6) is 0.315. The number of nitrogens with zero attached hydrogens (tertiary/aromatic N) is 1. The van der Waals surface area contributed by atoms with Crippen LogP contribution in [-0.2, 0) is 6.42 Å². The van der Waals surface area contributed by atoms with E-state index in [1.54, 1.807) is 30.5 Å². The SMILES string of the molecule is CCCCCCOc1ccc(C(=O)Nc2ncc(Cc3ccc(F)cc3)s2)cc1. The third-order valence-corrected chi connectivity index (χ3v) is 5.36. The molecule has 0 unspecified atom stereocenters. The van der Waals surface area contributed by atoms with Gasteiger partial charge in [0.1, 0.15) is 11.6 Å². The lowest BCUT2D eigenvalue weighted by atomic mass is 10.1. The second kappa shape index (κ2) is 10.7. The number of hydrogen-bond donors (Lipinski definition) is 1. The zero-order chi connectivity index (χ0) is 20.5. The third-order valence-electron chi connectivity index (χ3n) is 4.45. The first-order valence-electron chi connectivity index (χ1n) is 9.87. The summed E-state index contributed by atoms with van der Waals surface area (Å²) in [5, 5.41) is 3.37. The molecule has 6 heteroatoms. The predicted octanol–water partition coefficient (Wildman–Crippen LogP) is 6.08. The third kappa shape index (κ3) is 6.68. The van der Waals surface area contributed by atoms with Crippen LogP contribution in [0.3, 0.4) is 0 Å². The Hall–Kier alpha value is -2.73. The molecule has 3 rings (SSSR count). The Morgan fingerprint density at radius 2 is 1.83 bits per heavy atom. The molecule has 1 aromatic heterocycles. The molecular formula is C23H25FN2O2S. The summed E-state index contributed by atoms with van der Waals surface area (Å²) in [6.45, 7) is 2.88.